The molecule has 15 heavy (non-hydrogen) atoms. The molecule has 0 aliphatic rings. The predicted molar refractivity (Wildman–Crippen MR) is 60.9 cm³/mol. The van der Waals surface area contributed by atoms with E-state index in [0.717, 1.165) is 15.7 Å². The average molecular weight is 268 g/mol. The van der Waals surface area contributed by atoms with E-state index in [2.05, 4.69) is 20.9 Å². The van der Waals surface area contributed by atoms with Crippen LogP contribution < -0.4 is 5.73 Å². The number of carbonyl (C=O) groups excluding carboxylic acids is 1. The fraction of sp³-hybridized carbons (Fsp3) is 0.200. The highest BCUT2D eigenvalue weighted by molar-refractivity contribution is 9.10. The number of hydrogen-bond acceptors (Lipinski definition) is 2. The molecule has 0 saturated carbocycles. The molecule has 0 unspecified atom stereocenters. The van der Waals surface area contributed by atoms with Crippen LogP contribution in [-0.2, 0) is 0 Å². The molecule has 0 spiro atoms. The lowest BCUT2D eigenvalue weighted by Gasteiger charge is -2.01. The molecule has 5 heteroatoms. The molecule has 2 aromatic rings. The highest BCUT2D eigenvalue weighted by Crippen LogP contribution is 2.19. The van der Waals surface area contributed by atoms with E-state index in [9.17, 15) is 4.79 Å². The second-order valence-electron chi connectivity index (χ2n) is 3.45. The van der Waals surface area contributed by atoms with E-state index in [0.29, 0.717) is 11.4 Å². The van der Waals surface area contributed by atoms with Gasteiger partial charge in [0.05, 0.1) is 5.69 Å². The number of hydrogen-bond donors (Lipinski definition) is 1. The molecule has 2 N–H and O–H groups in total. The minimum atomic E-state index is -0.461. The second kappa shape index (κ2) is 3.34. The summed E-state index contributed by atoms with van der Waals surface area (Å²) >= 11 is 3.38. The van der Waals surface area contributed by atoms with Gasteiger partial charge in [0.25, 0.3) is 5.91 Å². The van der Waals surface area contributed by atoms with Crippen LogP contribution in [0.4, 0.5) is 0 Å². The van der Waals surface area contributed by atoms with Crippen molar-refractivity contribution < 1.29 is 4.79 Å². The normalized spacial score (nSPS) is 10.9. The number of amides is 1. The van der Waals surface area contributed by atoms with Gasteiger partial charge in [-0.15, -0.1) is 0 Å². The number of aryl methyl sites for hydroxylation is 2. The standard InChI is InChI=1S/C10H10BrN3O/c1-5-3-7(11)4-14-8(9(12)15)6(2)13-10(5)14/h3-4H,1-2H3,(H2,12,15). The molecule has 0 aliphatic carbocycles. The maximum absolute atomic E-state index is 11.3. The van der Waals surface area contributed by atoms with Gasteiger partial charge in [0.1, 0.15) is 11.3 Å². The van der Waals surface area contributed by atoms with E-state index in [1.54, 1.807) is 17.5 Å². The summed E-state index contributed by atoms with van der Waals surface area (Å²) in [6.45, 7) is 3.72. The van der Waals surface area contributed by atoms with E-state index in [1.807, 2.05) is 13.0 Å². The van der Waals surface area contributed by atoms with Crippen LogP contribution in [0.2, 0.25) is 0 Å². The molecule has 4 nitrogen and oxygen atoms in total. The molecular formula is C10H10BrN3O. The highest BCUT2D eigenvalue weighted by atomic mass is 79.9. The third-order valence-electron chi connectivity index (χ3n) is 2.28. The molecule has 0 aliphatic heterocycles. The van der Waals surface area contributed by atoms with Crippen LogP contribution in [0.15, 0.2) is 16.7 Å². The monoisotopic (exact) mass is 267 g/mol. The Bertz CT molecular complexity index is 559. The van der Waals surface area contributed by atoms with Crippen LogP contribution in [0, 0.1) is 13.8 Å². The molecule has 1 amide bonds. The molecule has 0 bridgehead atoms. The van der Waals surface area contributed by atoms with Crippen molar-refractivity contribution in [3.63, 3.8) is 0 Å². The molecule has 2 rings (SSSR count). The molecule has 2 aromatic heterocycles. The van der Waals surface area contributed by atoms with E-state index >= 15 is 0 Å². The zero-order chi connectivity index (χ0) is 11.2. The number of primary amides is 1. The van der Waals surface area contributed by atoms with Crippen molar-refractivity contribution in [1.82, 2.24) is 9.38 Å². The number of nitrogens with zero attached hydrogens (tertiary/aromatic N) is 2. The Morgan fingerprint density at radius 3 is 2.80 bits per heavy atom. The van der Waals surface area contributed by atoms with Gasteiger partial charge in [-0.2, -0.15) is 0 Å². The Labute approximate surface area is 95.2 Å². The first-order chi connectivity index (χ1) is 7.00. The summed E-state index contributed by atoms with van der Waals surface area (Å²) in [6.07, 6.45) is 1.79. The highest BCUT2D eigenvalue weighted by Gasteiger charge is 2.14. The summed E-state index contributed by atoms with van der Waals surface area (Å²) in [5.41, 5.74) is 8.17. The lowest BCUT2D eigenvalue weighted by molar-refractivity contribution is 0.0994. The number of fused-ring (bicyclic) bond motifs is 1. The van der Waals surface area contributed by atoms with Crippen molar-refractivity contribution in [1.29, 1.82) is 0 Å². The summed E-state index contributed by atoms with van der Waals surface area (Å²) in [7, 11) is 0. The number of nitrogens with two attached hydrogens (primary N) is 1. The maximum Gasteiger partial charge on any atom is 0.267 e. The quantitative estimate of drug-likeness (QED) is 0.857. The number of imidazole rings is 1. The van der Waals surface area contributed by atoms with Crippen LogP contribution in [0.5, 0.6) is 0 Å². The molecule has 2 heterocycles. The lowest BCUT2D eigenvalue weighted by Crippen LogP contribution is -2.15. The zero-order valence-corrected chi connectivity index (χ0v) is 10.00. The second-order valence-corrected chi connectivity index (χ2v) is 4.36. The Morgan fingerprint density at radius 1 is 1.53 bits per heavy atom. The van der Waals surface area contributed by atoms with Gasteiger partial charge in [0, 0.05) is 10.7 Å². The van der Waals surface area contributed by atoms with Gasteiger partial charge >= 0.3 is 0 Å². The van der Waals surface area contributed by atoms with Crippen molar-refractivity contribution in [3.05, 3.63) is 33.7 Å². The minimum Gasteiger partial charge on any atom is -0.364 e. The van der Waals surface area contributed by atoms with Gasteiger partial charge in [-0.05, 0) is 41.4 Å². The lowest BCUT2D eigenvalue weighted by atomic mass is 10.3. The minimum absolute atomic E-state index is 0.439. The first-order valence-electron chi connectivity index (χ1n) is 4.45. The van der Waals surface area contributed by atoms with Crippen molar-refractivity contribution in [2.24, 2.45) is 5.73 Å². The molecule has 0 aromatic carbocycles. The summed E-state index contributed by atoms with van der Waals surface area (Å²) in [4.78, 5) is 15.6. The van der Waals surface area contributed by atoms with Gasteiger partial charge in [-0.1, -0.05) is 0 Å². The SMILES string of the molecule is Cc1nc2c(C)cc(Br)cn2c1C(N)=O. The topological polar surface area (TPSA) is 60.4 Å². The fourth-order valence-corrected chi connectivity index (χ4v) is 2.23. The van der Waals surface area contributed by atoms with Crippen LogP contribution in [0.25, 0.3) is 5.65 Å². The molecule has 0 radical (unpaired) electrons. The average Bonchev–Trinajstić information content (AvgIpc) is 2.41. The van der Waals surface area contributed by atoms with Crippen molar-refractivity contribution in [3.8, 4) is 0 Å². The van der Waals surface area contributed by atoms with E-state index in [4.69, 9.17) is 5.73 Å². The van der Waals surface area contributed by atoms with Crippen molar-refractivity contribution in [2.75, 3.05) is 0 Å². The molecule has 78 valence electrons. The summed E-state index contributed by atoms with van der Waals surface area (Å²) < 4.78 is 2.62. The Hall–Kier alpha value is -1.36. The molecular weight excluding hydrogens is 258 g/mol. The number of rotatable bonds is 1. The number of pyridine rings is 1. The van der Waals surface area contributed by atoms with Gasteiger partial charge in [0.2, 0.25) is 0 Å². The Morgan fingerprint density at radius 2 is 2.20 bits per heavy atom. The van der Waals surface area contributed by atoms with E-state index in [-0.39, 0.29) is 0 Å². The predicted octanol–water partition coefficient (Wildman–Crippen LogP) is 1.81. The number of carbonyl (C=O) groups is 1. The van der Waals surface area contributed by atoms with Gasteiger partial charge in [0.15, 0.2) is 0 Å². The van der Waals surface area contributed by atoms with Gasteiger partial charge in [-0.3, -0.25) is 9.20 Å². The molecule has 0 fully saturated rings. The molecule has 0 atom stereocenters. The van der Waals surface area contributed by atoms with Crippen LogP contribution in [-0.4, -0.2) is 15.3 Å². The van der Waals surface area contributed by atoms with Crippen LogP contribution in [0.3, 0.4) is 0 Å². The first kappa shape index (κ1) is 10.2. The Balaban J connectivity index is 2.93. The zero-order valence-electron chi connectivity index (χ0n) is 8.41. The van der Waals surface area contributed by atoms with Crippen LogP contribution >= 0.6 is 15.9 Å². The Kier molecular flexibility index (Phi) is 2.26. The number of aromatic nitrogens is 2. The molecule has 0 saturated heterocycles. The largest absolute Gasteiger partial charge is 0.364 e. The van der Waals surface area contributed by atoms with Gasteiger partial charge in [-0.25, -0.2) is 4.98 Å². The fourth-order valence-electron chi connectivity index (χ4n) is 1.68. The number of halogens is 1. The summed E-state index contributed by atoms with van der Waals surface area (Å²) in [5, 5.41) is 0. The van der Waals surface area contributed by atoms with Crippen molar-refractivity contribution >= 4 is 27.5 Å². The van der Waals surface area contributed by atoms with E-state index < -0.39 is 5.91 Å². The third-order valence-corrected chi connectivity index (χ3v) is 2.71. The smallest absolute Gasteiger partial charge is 0.267 e. The first-order valence-corrected chi connectivity index (χ1v) is 5.24. The van der Waals surface area contributed by atoms with Gasteiger partial charge < -0.3 is 5.73 Å². The van der Waals surface area contributed by atoms with Crippen LogP contribution in [0.1, 0.15) is 21.7 Å². The maximum atomic E-state index is 11.3. The third kappa shape index (κ3) is 1.52. The summed E-state index contributed by atoms with van der Waals surface area (Å²) in [5.74, 6) is -0.461. The summed E-state index contributed by atoms with van der Waals surface area (Å²) in [6, 6.07) is 1.95. The van der Waals surface area contributed by atoms with E-state index in [1.165, 1.54) is 0 Å². The van der Waals surface area contributed by atoms with Crippen molar-refractivity contribution in [2.45, 2.75) is 13.8 Å².